The molecule has 0 saturated carbocycles. The molecule has 3 rings (SSSR count). The van der Waals surface area contributed by atoms with E-state index in [2.05, 4.69) is 62.5 Å². The predicted molar refractivity (Wildman–Crippen MR) is 106 cm³/mol. The van der Waals surface area contributed by atoms with Gasteiger partial charge in [0.25, 0.3) is 5.95 Å². The first-order valence-corrected chi connectivity index (χ1v) is 9.36. The van der Waals surface area contributed by atoms with E-state index in [-0.39, 0.29) is 0 Å². The van der Waals surface area contributed by atoms with Crippen LogP contribution in [0.15, 0.2) is 45.9 Å². The summed E-state index contributed by atoms with van der Waals surface area (Å²) in [5.74, 6) is 1.48. The zero-order valence-corrected chi connectivity index (χ0v) is 17.5. The topological polar surface area (TPSA) is 107 Å². The number of nitrogens with one attached hydrogen (secondary N) is 2. The largest absolute Gasteiger partial charge is 0.495 e. The Kier molecular flexibility index (Phi) is 6.01. The van der Waals surface area contributed by atoms with Gasteiger partial charge in [-0.25, -0.2) is 19.7 Å². The number of ether oxygens (including phenoxy) is 1. The van der Waals surface area contributed by atoms with E-state index < -0.39 is 12.1 Å². The zero-order chi connectivity index (χ0) is 19.4. The molecule has 0 spiro atoms. The first-order chi connectivity index (χ1) is 13.0. The van der Waals surface area contributed by atoms with Crippen molar-refractivity contribution < 1.29 is 9.53 Å². The number of carbonyl (C=O) groups excluding carboxylic acids is 1. The van der Waals surface area contributed by atoms with Crippen molar-refractivity contribution >= 4 is 43.6 Å². The third kappa shape index (κ3) is 4.42. The van der Waals surface area contributed by atoms with E-state index in [1.165, 1.54) is 11.0 Å². The lowest BCUT2D eigenvalue weighted by atomic mass is 10.3. The number of methoxy groups -OCH3 is 1. The summed E-state index contributed by atoms with van der Waals surface area (Å²) in [7, 11) is 1.55. The molecule has 3 aromatic rings. The number of amides is 2. The summed E-state index contributed by atoms with van der Waals surface area (Å²) in [5.41, 5.74) is 0.563. The molecular formula is C16H15Br2N7O2. The quantitative estimate of drug-likeness (QED) is 0.560. The van der Waals surface area contributed by atoms with Gasteiger partial charge >= 0.3 is 6.03 Å². The van der Waals surface area contributed by atoms with Gasteiger partial charge in [0.2, 0.25) is 0 Å². The number of nitrogens with zero attached hydrogens (tertiary/aromatic N) is 5. The molecule has 0 saturated heterocycles. The van der Waals surface area contributed by atoms with E-state index in [0.717, 1.165) is 4.47 Å². The lowest BCUT2D eigenvalue weighted by Crippen LogP contribution is -2.32. The third-order valence-electron chi connectivity index (χ3n) is 3.54. The molecule has 0 radical (unpaired) electrons. The molecule has 2 N–H and O–H groups in total. The summed E-state index contributed by atoms with van der Waals surface area (Å²) in [4.78, 5) is 24.9. The molecule has 11 heteroatoms. The van der Waals surface area contributed by atoms with Gasteiger partial charge in [-0.2, -0.15) is 9.78 Å². The van der Waals surface area contributed by atoms with Gasteiger partial charge in [-0.1, -0.05) is 0 Å². The van der Waals surface area contributed by atoms with Crippen LogP contribution in [0, 0.1) is 0 Å². The van der Waals surface area contributed by atoms with Gasteiger partial charge in [-0.05, 0) is 50.9 Å². The molecule has 27 heavy (non-hydrogen) atoms. The van der Waals surface area contributed by atoms with Crippen molar-refractivity contribution in [2.24, 2.45) is 0 Å². The Morgan fingerprint density at radius 3 is 2.63 bits per heavy atom. The van der Waals surface area contributed by atoms with Crippen LogP contribution in [0.25, 0.3) is 5.95 Å². The molecule has 2 heterocycles. The van der Waals surface area contributed by atoms with Crippen molar-refractivity contribution in [3.63, 3.8) is 0 Å². The second-order valence-electron chi connectivity index (χ2n) is 5.37. The fourth-order valence-electron chi connectivity index (χ4n) is 2.30. The molecule has 1 atom stereocenters. The van der Waals surface area contributed by atoms with Gasteiger partial charge in [0.1, 0.15) is 12.1 Å². The molecule has 0 bridgehead atoms. The highest BCUT2D eigenvalue weighted by molar-refractivity contribution is 9.11. The van der Waals surface area contributed by atoms with Gasteiger partial charge < -0.3 is 15.4 Å². The highest BCUT2D eigenvalue weighted by atomic mass is 79.9. The number of hydrogen-bond donors (Lipinski definition) is 2. The number of benzene rings is 1. The van der Waals surface area contributed by atoms with E-state index in [1.54, 1.807) is 44.6 Å². The Morgan fingerprint density at radius 1 is 1.19 bits per heavy atom. The normalized spacial score (nSPS) is 11.7. The molecule has 0 aliphatic heterocycles. The summed E-state index contributed by atoms with van der Waals surface area (Å²) in [5, 5.41) is 9.72. The number of aromatic nitrogens is 5. The lowest BCUT2D eigenvalue weighted by Gasteiger charge is -2.16. The van der Waals surface area contributed by atoms with Crippen LogP contribution in [-0.2, 0) is 0 Å². The van der Waals surface area contributed by atoms with Crippen molar-refractivity contribution in [3.05, 3.63) is 51.7 Å². The summed E-state index contributed by atoms with van der Waals surface area (Å²) in [6, 6.07) is 4.36. The van der Waals surface area contributed by atoms with E-state index in [4.69, 9.17) is 4.74 Å². The van der Waals surface area contributed by atoms with Crippen molar-refractivity contribution in [1.82, 2.24) is 30.0 Å². The van der Waals surface area contributed by atoms with Crippen LogP contribution >= 0.6 is 31.9 Å². The second kappa shape index (κ2) is 8.44. The fraction of sp³-hybridized carbons (Fsp3) is 0.188. The van der Waals surface area contributed by atoms with Crippen LogP contribution in [0.5, 0.6) is 5.75 Å². The first-order valence-electron chi connectivity index (χ1n) is 7.77. The van der Waals surface area contributed by atoms with Crippen LogP contribution in [-0.4, -0.2) is 37.9 Å². The molecule has 2 aromatic heterocycles. The Bertz CT molecular complexity index is 949. The Labute approximate surface area is 171 Å². The van der Waals surface area contributed by atoms with Crippen LogP contribution in [0.4, 0.5) is 10.5 Å². The molecule has 1 aromatic carbocycles. The Balaban J connectivity index is 1.73. The van der Waals surface area contributed by atoms with Crippen LogP contribution < -0.4 is 15.4 Å². The van der Waals surface area contributed by atoms with Gasteiger partial charge in [-0.3, -0.25) is 0 Å². The first kappa shape index (κ1) is 19.2. The average molecular weight is 497 g/mol. The van der Waals surface area contributed by atoms with Crippen molar-refractivity contribution in [2.75, 3.05) is 12.4 Å². The van der Waals surface area contributed by atoms with Crippen molar-refractivity contribution in [3.8, 4) is 11.7 Å². The standard InChI is InChI=1S/C16H15Br2N7O2/c1-9(14-21-8-22-25(14)15-19-4-3-5-20-15)23-16(26)24-12-7-13(27-2)11(18)6-10(12)17/h3-9H,1-2H3,(H2,23,24,26). The van der Waals surface area contributed by atoms with E-state index in [0.29, 0.717) is 27.7 Å². The van der Waals surface area contributed by atoms with E-state index in [1.807, 2.05) is 0 Å². The molecule has 9 nitrogen and oxygen atoms in total. The summed E-state index contributed by atoms with van der Waals surface area (Å²) in [6.07, 6.45) is 4.60. The Morgan fingerprint density at radius 2 is 1.93 bits per heavy atom. The summed E-state index contributed by atoms with van der Waals surface area (Å²) >= 11 is 6.81. The third-order valence-corrected chi connectivity index (χ3v) is 4.82. The van der Waals surface area contributed by atoms with Gasteiger partial charge in [0.05, 0.1) is 23.3 Å². The maximum Gasteiger partial charge on any atom is 0.319 e. The Hall–Kier alpha value is -2.53. The smallest absolute Gasteiger partial charge is 0.319 e. The minimum atomic E-state index is -0.438. The van der Waals surface area contributed by atoms with Crippen molar-refractivity contribution in [1.29, 1.82) is 0 Å². The average Bonchev–Trinajstić information content (AvgIpc) is 3.14. The predicted octanol–water partition coefficient (Wildman–Crippen LogP) is 3.47. The monoisotopic (exact) mass is 495 g/mol. The molecule has 2 amide bonds. The molecule has 0 aliphatic rings. The molecule has 0 aliphatic carbocycles. The minimum Gasteiger partial charge on any atom is -0.495 e. The van der Waals surface area contributed by atoms with Crippen molar-refractivity contribution in [2.45, 2.75) is 13.0 Å². The van der Waals surface area contributed by atoms with Crippen LogP contribution in [0.3, 0.4) is 0 Å². The second-order valence-corrected chi connectivity index (χ2v) is 7.07. The maximum absolute atomic E-state index is 12.4. The van der Waals surface area contributed by atoms with E-state index >= 15 is 0 Å². The molecule has 1 unspecified atom stereocenters. The van der Waals surface area contributed by atoms with E-state index in [9.17, 15) is 4.79 Å². The number of hydrogen-bond acceptors (Lipinski definition) is 6. The SMILES string of the molecule is COc1cc(NC(=O)NC(C)c2ncnn2-c2ncccn2)c(Br)cc1Br. The van der Waals surface area contributed by atoms with Gasteiger partial charge in [0, 0.05) is 22.9 Å². The van der Waals surface area contributed by atoms with Gasteiger partial charge in [0.15, 0.2) is 5.82 Å². The van der Waals surface area contributed by atoms with Crippen LogP contribution in [0.1, 0.15) is 18.8 Å². The number of halogens is 2. The maximum atomic E-state index is 12.4. The summed E-state index contributed by atoms with van der Waals surface area (Å²) < 4.78 is 8.21. The molecule has 0 fully saturated rings. The highest BCUT2D eigenvalue weighted by Gasteiger charge is 2.18. The highest BCUT2D eigenvalue weighted by Crippen LogP contribution is 2.34. The number of urea groups is 1. The number of anilines is 1. The van der Waals surface area contributed by atoms with Gasteiger partial charge in [-0.15, -0.1) is 0 Å². The lowest BCUT2D eigenvalue weighted by molar-refractivity contribution is 0.248. The summed E-state index contributed by atoms with van der Waals surface area (Å²) in [6.45, 7) is 1.79. The number of carbonyl (C=O) groups is 1. The number of rotatable bonds is 5. The molecule has 140 valence electrons. The zero-order valence-electron chi connectivity index (χ0n) is 14.3. The molecular weight excluding hydrogens is 482 g/mol. The van der Waals surface area contributed by atoms with Crippen LogP contribution in [0.2, 0.25) is 0 Å². The minimum absolute atomic E-state index is 0.374. The fourth-order valence-corrected chi connectivity index (χ4v) is 3.56.